The largest absolute Gasteiger partial charge is 4.00 e. The van der Waals surface area contributed by atoms with Crippen LogP contribution in [-0.2, 0) is 53.1 Å². The van der Waals surface area contributed by atoms with Gasteiger partial charge in [0.1, 0.15) is 0 Å². The second kappa shape index (κ2) is 9.73. The van der Waals surface area contributed by atoms with Crippen LogP contribution in [-0.4, -0.2) is 0 Å². The van der Waals surface area contributed by atoms with Crippen LogP contribution in [0.4, 0.5) is 0 Å². The Labute approximate surface area is 104 Å². The molecule has 0 aromatic rings. The van der Waals surface area contributed by atoms with E-state index in [0.717, 1.165) is 0 Å². The second-order valence-electron chi connectivity index (χ2n) is 0.447. The molecule has 0 saturated heterocycles. The minimum Gasteiger partial charge on any atom is -0.822 e. The van der Waals surface area contributed by atoms with Crippen molar-refractivity contribution in [2.45, 2.75) is 0 Å². The van der Waals surface area contributed by atoms with Gasteiger partial charge in [0.05, 0.1) is 0 Å². The van der Waals surface area contributed by atoms with E-state index in [0.29, 0.717) is 0 Å². The number of hydrogen-bond acceptors (Lipinski definition) is 4. The predicted molar refractivity (Wildman–Crippen MR) is 7.61 cm³/mol. The zero-order valence-corrected chi connectivity index (χ0v) is 10.7. The van der Waals surface area contributed by atoms with Gasteiger partial charge >= 0.3 is 78.1 Å². The topological polar surface area (TPSA) is 86.2 Å². The summed E-state index contributed by atoms with van der Waals surface area (Å²) in [7, 11) is -5.39. The number of rotatable bonds is 0. The van der Waals surface area contributed by atoms with Crippen LogP contribution in [0.5, 0.6) is 0 Å². The molecule has 8 heteroatoms. The van der Waals surface area contributed by atoms with Crippen molar-refractivity contribution in [1.29, 1.82) is 0 Å². The molecule has 0 aliphatic carbocycles. The molecule has 0 unspecified atom stereocenters. The van der Waals surface area contributed by atoms with Gasteiger partial charge in [0.15, 0.2) is 0 Å². The van der Waals surface area contributed by atoms with Crippen molar-refractivity contribution < 1.29 is 97.4 Å². The monoisotopic (exact) mass is 315 g/mol. The summed E-state index contributed by atoms with van der Waals surface area (Å²) in [5, 5.41) is 0. The zero-order valence-electron chi connectivity index (χ0n) is 3.88. The van der Waals surface area contributed by atoms with E-state index in [9.17, 15) is 0 Å². The van der Waals surface area contributed by atoms with Gasteiger partial charge in [-0.25, -0.2) is 0 Å². The van der Waals surface area contributed by atoms with Crippen LogP contribution < -0.4 is 44.2 Å². The summed E-state index contributed by atoms with van der Waals surface area (Å²) < 4.78 is 8.55. The van der Waals surface area contributed by atoms with Gasteiger partial charge in [-0.2, -0.15) is 7.82 Å². The molecule has 0 aliphatic heterocycles. The van der Waals surface area contributed by atoms with Gasteiger partial charge in [-0.05, 0) is 0 Å². The maximum atomic E-state index is 8.55. The first kappa shape index (κ1) is 22.4. The Hall–Kier alpha value is 2.73. The van der Waals surface area contributed by atoms with Crippen LogP contribution in [0.2, 0.25) is 0 Å². The minimum absolute atomic E-state index is 0. The average Bonchev–Trinajstić information content (AvgIpc) is 0.722. The van der Waals surface area contributed by atoms with E-state index in [1.165, 1.54) is 0 Å². The molecule has 0 rings (SSSR count). The van der Waals surface area contributed by atoms with Gasteiger partial charge in [0.2, 0.25) is 0 Å². The maximum Gasteiger partial charge on any atom is 4.00 e. The standard InChI is InChI=1S/Ag.Na.H3O4P.Zr/c;;1-5(2,3)4;/h;;(H3,1,2,3,4);/q2*+1;;+4/p-3. The fourth-order valence-corrected chi connectivity index (χ4v) is 0. The first-order valence-corrected chi connectivity index (χ1v) is 2.19. The summed E-state index contributed by atoms with van der Waals surface area (Å²) in [6.07, 6.45) is 0. The minimum atomic E-state index is -5.39. The van der Waals surface area contributed by atoms with Gasteiger partial charge in [0, 0.05) is 0 Å². The summed E-state index contributed by atoms with van der Waals surface area (Å²) in [5.74, 6) is 0. The van der Waals surface area contributed by atoms with Gasteiger partial charge in [-0.3, -0.25) is 0 Å². The molecule has 8 heavy (non-hydrogen) atoms. The summed E-state index contributed by atoms with van der Waals surface area (Å²) >= 11 is 0. The van der Waals surface area contributed by atoms with Gasteiger partial charge in [-0.1, -0.05) is 0 Å². The molecule has 0 radical (unpaired) electrons. The Bertz CT molecular complexity index is 62.2. The molecule has 4 nitrogen and oxygen atoms in total. The van der Waals surface area contributed by atoms with E-state index < -0.39 is 7.82 Å². The summed E-state index contributed by atoms with van der Waals surface area (Å²) in [6.45, 7) is 0. The van der Waals surface area contributed by atoms with Crippen molar-refractivity contribution in [2.75, 3.05) is 0 Å². The van der Waals surface area contributed by atoms with E-state index in [4.69, 9.17) is 19.2 Å². The quantitative estimate of drug-likeness (QED) is 0.329. The zero-order chi connectivity index (χ0) is 4.50. The van der Waals surface area contributed by atoms with E-state index >= 15 is 0 Å². The average molecular weight is 317 g/mol. The fourth-order valence-electron chi connectivity index (χ4n) is 0. The molecule has 0 fully saturated rings. The fraction of sp³-hybridized carbons (Fsp3) is 0. The smallest absolute Gasteiger partial charge is 0.822 e. The SMILES string of the molecule is O=P([O-])([O-])[O-].[Ag+].[Na+].[Zr+4]. The molecule has 0 saturated carbocycles. The molecule has 0 heterocycles. The molecular weight excluding hydrogens is 317 g/mol. The first-order chi connectivity index (χ1) is 2.00. The van der Waals surface area contributed by atoms with Crippen molar-refractivity contribution in [3.05, 3.63) is 0 Å². The third kappa shape index (κ3) is 69.9. The van der Waals surface area contributed by atoms with Crippen LogP contribution in [0, 0.1) is 0 Å². The van der Waals surface area contributed by atoms with Crippen LogP contribution in [0.25, 0.3) is 0 Å². The summed E-state index contributed by atoms with van der Waals surface area (Å²) in [6, 6.07) is 0. The van der Waals surface area contributed by atoms with E-state index in [1.807, 2.05) is 0 Å². The van der Waals surface area contributed by atoms with Gasteiger partial charge in [-0.15, -0.1) is 0 Å². The Balaban J connectivity index is -0.0000000267. The van der Waals surface area contributed by atoms with Crippen molar-refractivity contribution in [2.24, 2.45) is 0 Å². The van der Waals surface area contributed by atoms with Crippen LogP contribution >= 0.6 is 7.82 Å². The third-order valence-corrected chi connectivity index (χ3v) is 0. The van der Waals surface area contributed by atoms with Crippen molar-refractivity contribution in [3.63, 3.8) is 0 Å². The molecule has 0 spiro atoms. The molecule has 0 amide bonds. The molecule has 0 atom stereocenters. The molecule has 0 N–H and O–H groups in total. The van der Waals surface area contributed by atoms with Gasteiger partial charge in [0.25, 0.3) is 0 Å². The van der Waals surface area contributed by atoms with Crippen molar-refractivity contribution >= 4 is 7.82 Å². The summed E-state index contributed by atoms with van der Waals surface area (Å²) in [4.78, 5) is 25.6. The van der Waals surface area contributed by atoms with Crippen LogP contribution in [0.1, 0.15) is 0 Å². The van der Waals surface area contributed by atoms with Crippen molar-refractivity contribution in [1.82, 2.24) is 0 Å². The van der Waals surface area contributed by atoms with E-state index in [-0.39, 0.29) is 78.1 Å². The van der Waals surface area contributed by atoms with Crippen LogP contribution in [0.3, 0.4) is 0 Å². The normalized spacial score (nSPS) is 7.38. The molecule has 0 aromatic carbocycles. The first-order valence-electron chi connectivity index (χ1n) is 0.730. The predicted octanol–water partition coefficient (Wildman–Crippen LogP) is -5.83. The Morgan fingerprint density at radius 2 is 1.12 bits per heavy atom. The maximum absolute atomic E-state index is 8.55. The molecule has 0 aliphatic rings. The molecule has 0 aromatic heterocycles. The Morgan fingerprint density at radius 1 is 1.12 bits per heavy atom. The Kier molecular flexibility index (Phi) is 27.3. The van der Waals surface area contributed by atoms with Crippen LogP contribution in [0.15, 0.2) is 0 Å². The van der Waals surface area contributed by atoms with Crippen molar-refractivity contribution in [3.8, 4) is 0 Å². The van der Waals surface area contributed by atoms with E-state index in [2.05, 4.69) is 0 Å². The third-order valence-electron chi connectivity index (χ3n) is 0. The Morgan fingerprint density at radius 3 is 1.12 bits per heavy atom. The second-order valence-corrected chi connectivity index (χ2v) is 1.34. The van der Waals surface area contributed by atoms with E-state index in [1.54, 1.807) is 0 Å². The molecule has 42 valence electrons. The number of phosphoric acid groups is 1. The van der Waals surface area contributed by atoms with Gasteiger partial charge < -0.3 is 19.2 Å². The molecular formula is AgNaO4PZr+3. The number of hydrogen-bond donors (Lipinski definition) is 0. The molecule has 0 bridgehead atoms. The summed E-state index contributed by atoms with van der Waals surface area (Å²) in [5.41, 5.74) is 0.